The molecule has 7 nitrogen and oxygen atoms in total. The Morgan fingerprint density at radius 3 is 2.45 bits per heavy atom. The summed E-state index contributed by atoms with van der Waals surface area (Å²) in [6.45, 7) is 1.63. The molecule has 1 N–H and O–H groups in total. The quantitative estimate of drug-likeness (QED) is 0.656. The number of nitrogens with one attached hydrogen (secondary N) is 1. The fraction of sp³-hybridized carbons (Fsp3) is 0.333. The Kier molecular flexibility index (Phi) is 7.30. The number of amides is 1. The van der Waals surface area contributed by atoms with Gasteiger partial charge < -0.3 is 10.1 Å². The van der Waals surface area contributed by atoms with Gasteiger partial charge in [0.25, 0.3) is 5.91 Å². The van der Waals surface area contributed by atoms with Crippen LogP contribution in [0, 0.1) is 18.7 Å². The first-order valence-corrected chi connectivity index (χ1v) is 11.5. The monoisotopic (exact) mass is 468 g/mol. The summed E-state index contributed by atoms with van der Waals surface area (Å²) in [5.41, 5.74) is 1.35. The molecule has 1 heterocycles. The van der Waals surface area contributed by atoms with Crippen LogP contribution >= 0.6 is 11.6 Å². The third-order valence-electron chi connectivity index (χ3n) is 5.06. The van der Waals surface area contributed by atoms with Gasteiger partial charge in [-0.3, -0.25) is 9.59 Å². The molecule has 10 heteroatoms. The van der Waals surface area contributed by atoms with Gasteiger partial charge in [-0.25, -0.2) is 12.8 Å². The van der Waals surface area contributed by atoms with Crippen molar-refractivity contribution < 1.29 is 27.1 Å². The lowest BCUT2D eigenvalue weighted by Gasteiger charge is -2.30. The zero-order valence-corrected chi connectivity index (χ0v) is 18.4. The predicted molar refractivity (Wildman–Crippen MR) is 114 cm³/mol. The Morgan fingerprint density at radius 1 is 1.16 bits per heavy atom. The van der Waals surface area contributed by atoms with E-state index in [0.29, 0.717) is 10.7 Å². The van der Waals surface area contributed by atoms with E-state index in [1.165, 1.54) is 16.4 Å². The van der Waals surface area contributed by atoms with Crippen LogP contribution in [0.25, 0.3) is 0 Å². The maximum absolute atomic E-state index is 13.1. The first-order chi connectivity index (χ1) is 14.7. The molecule has 1 saturated heterocycles. The molecule has 0 unspecified atom stereocenters. The van der Waals surface area contributed by atoms with Gasteiger partial charge in [0, 0.05) is 23.8 Å². The molecule has 1 aliphatic rings. The lowest BCUT2D eigenvalue weighted by Crippen LogP contribution is -2.40. The summed E-state index contributed by atoms with van der Waals surface area (Å²) >= 11 is 5.92. The molecule has 1 aliphatic heterocycles. The van der Waals surface area contributed by atoms with Crippen molar-refractivity contribution in [3.63, 3.8) is 0 Å². The molecular formula is C21H22ClFN2O5S. The summed E-state index contributed by atoms with van der Waals surface area (Å²) in [4.78, 5) is 24.4. The molecular weight excluding hydrogens is 447 g/mol. The van der Waals surface area contributed by atoms with Gasteiger partial charge in [0.05, 0.1) is 10.8 Å². The number of benzene rings is 2. The molecule has 0 atom stereocenters. The molecule has 0 aromatic heterocycles. The topological polar surface area (TPSA) is 92.8 Å². The predicted octanol–water partition coefficient (Wildman–Crippen LogP) is 3.37. The number of carbonyl (C=O) groups is 2. The van der Waals surface area contributed by atoms with Crippen molar-refractivity contribution >= 4 is 39.2 Å². The maximum Gasteiger partial charge on any atom is 0.309 e. The number of halogens is 2. The molecule has 1 amide bonds. The zero-order valence-electron chi connectivity index (χ0n) is 16.8. The minimum absolute atomic E-state index is 0.00269. The third-order valence-corrected chi connectivity index (χ3v) is 7.21. The fourth-order valence-electron chi connectivity index (χ4n) is 3.26. The molecule has 2 aromatic carbocycles. The lowest BCUT2D eigenvalue weighted by molar-refractivity contribution is -0.152. The van der Waals surface area contributed by atoms with Crippen molar-refractivity contribution in [2.24, 2.45) is 5.92 Å². The third kappa shape index (κ3) is 5.81. The summed E-state index contributed by atoms with van der Waals surface area (Å²) in [7, 11) is -3.76. The summed E-state index contributed by atoms with van der Waals surface area (Å²) in [6.07, 6.45) is 0.544. The van der Waals surface area contributed by atoms with E-state index in [2.05, 4.69) is 5.32 Å². The van der Waals surface area contributed by atoms with Crippen LogP contribution in [0.5, 0.6) is 0 Å². The number of hydrogen-bond acceptors (Lipinski definition) is 5. The molecule has 2 aromatic rings. The van der Waals surface area contributed by atoms with Crippen LogP contribution in [-0.2, 0) is 24.3 Å². The normalized spacial score (nSPS) is 15.5. The number of anilines is 1. The lowest BCUT2D eigenvalue weighted by atomic mass is 9.98. The molecule has 1 fully saturated rings. The molecule has 166 valence electrons. The SMILES string of the molecule is Cc1ccc(Cl)cc1NC(=O)COC(=O)C1CCN(S(=O)(=O)c2ccc(F)cc2)CC1. The number of piperidine rings is 1. The first-order valence-electron chi connectivity index (χ1n) is 9.65. The number of hydrogen-bond donors (Lipinski definition) is 1. The number of aryl methyl sites for hydroxylation is 1. The first kappa shape index (κ1) is 23.2. The smallest absolute Gasteiger partial charge is 0.309 e. The van der Waals surface area contributed by atoms with E-state index in [1.807, 2.05) is 6.92 Å². The van der Waals surface area contributed by atoms with E-state index in [0.717, 1.165) is 17.7 Å². The number of nitrogens with zero attached hydrogens (tertiary/aromatic N) is 1. The van der Waals surface area contributed by atoms with Crippen molar-refractivity contribution in [2.75, 3.05) is 25.0 Å². The molecule has 0 radical (unpaired) electrons. The largest absolute Gasteiger partial charge is 0.455 e. The van der Waals surface area contributed by atoms with Crippen LogP contribution in [0.15, 0.2) is 47.4 Å². The van der Waals surface area contributed by atoms with Crippen molar-refractivity contribution in [2.45, 2.75) is 24.7 Å². The second kappa shape index (κ2) is 9.76. The van der Waals surface area contributed by atoms with E-state index in [-0.39, 0.29) is 30.8 Å². The Morgan fingerprint density at radius 2 is 1.81 bits per heavy atom. The van der Waals surface area contributed by atoms with E-state index >= 15 is 0 Å². The molecule has 0 spiro atoms. The number of esters is 1. The van der Waals surface area contributed by atoms with Crippen molar-refractivity contribution in [1.29, 1.82) is 0 Å². The Labute approximate surface area is 185 Å². The van der Waals surface area contributed by atoms with Gasteiger partial charge in [0.15, 0.2) is 6.61 Å². The van der Waals surface area contributed by atoms with Crippen LogP contribution in [0.2, 0.25) is 5.02 Å². The highest BCUT2D eigenvalue weighted by Crippen LogP contribution is 2.25. The average Bonchev–Trinajstić information content (AvgIpc) is 2.75. The number of rotatable bonds is 6. The van der Waals surface area contributed by atoms with Gasteiger partial charge >= 0.3 is 5.97 Å². The molecule has 31 heavy (non-hydrogen) atoms. The van der Waals surface area contributed by atoms with Crippen LogP contribution in [-0.4, -0.2) is 44.3 Å². The second-order valence-electron chi connectivity index (χ2n) is 7.25. The Bertz CT molecular complexity index is 1070. The van der Waals surface area contributed by atoms with E-state index in [9.17, 15) is 22.4 Å². The maximum atomic E-state index is 13.1. The second-order valence-corrected chi connectivity index (χ2v) is 9.62. The van der Waals surface area contributed by atoms with E-state index in [1.54, 1.807) is 18.2 Å². The fourth-order valence-corrected chi connectivity index (χ4v) is 4.90. The van der Waals surface area contributed by atoms with Gasteiger partial charge in [-0.2, -0.15) is 4.31 Å². The van der Waals surface area contributed by atoms with Gasteiger partial charge in [-0.15, -0.1) is 0 Å². The van der Waals surface area contributed by atoms with Gasteiger partial charge in [-0.1, -0.05) is 17.7 Å². The van der Waals surface area contributed by atoms with Crippen LogP contribution in [0.3, 0.4) is 0 Å². The number of ether oxygens (including phenoxy) is 1. The van der Waals surface area contributed by atoms with Gasteiger partial charge in [0.1, 0.15) is 5.82 Å². The summed E-state index contributed by atoms with van der Waals surface area (Å²) in [6, 6.07) is 9.68. The number of carbonyl (C=O) groups excluding carboxylic acids is 2. The van der Waals surface area contributed by atoms with Gasteiger partial charge in [0.2, 0.25) is 10.0 Å². The van der Waals surface area contributed by atoms with Crippen LogP contribution < -0.4 is 5.32 Å². The van der Waals surface area contributed by atoms with Crippen molar-refractivity contribution in [3.8, 4) is 0 Å². The highest BCUT2D eigenvalue weighted by molar-refractivity contribution is 7.89. The molecule has 3 rings (SSSR count). The summed E-state index contributed by atoms with van der Waals surface area (Å²) < 4.78 is 44.7. The zero-order chi connectivity index (χ0) is 22.6. The highest BCUT2D eigenvalue weighted by atomic mass is 35.5. The minimum atomic E-state index is -3.76. The van der Waals surface area contributed by atoms with Crippen LogP contribution in [0.1, 0.15) is 18.4 Å². The van der Waals surface area contributed by atoms with Crippen LogP contribution in [0.4, 0.5) is 10.1 Å². The van der Waals surface area contributed by atoms with Gasteiger partial charge in [-0.05, 0) is 61.7 Å². The minimum Gasteiger partial charge on any atom is -0.455 e. The van der Waals surface area contributed by atoms with E-state index < -0.39 is 40.2 Å². The standard InChI is InChI=1S/C21H22ClFN2O5S/c1-14-2-3-16(22)12-19(14)24-20(26)13-30-21(27)15-8-10-25(11-9-15)31(28,29)18-6-4-17(23)5-7-18/h2-7,12,15H,8-11,13H2,1H3,(H,24,26). The number of sulfonamides is 1. The highest BCUT2D eigenvalue weighted by Gasteiger charge is 2.33. The van der Waals surface area contributed by atoms with Crippen molar-refractivity contribution in [3.05, 3.63) is 58.9 Å². The molecule has 0 bridgehead atoms. The molecule has 0 aliphatic carbocycles. The Hall–Kier alpha value is -2.49. The average molecular weight is 469 g/mol. The van der Waals surface area contributed by atoms with E-state index in [4.69, 9.17) is 16.3 Å². The van der Waals surface area contributed by atoms with Crippen molar-refractivity contribution in [1.82, 2.24) is 4.31 Å². The summed E-state index contributed by atoms with van der Waals surface area (Å²) in [5.74, 6) is -2.05. The summed E-state index contributed by atoms with van der Waals surface area (Å²) in [5, 5.41) is 3.12. The Balaban J connectivity index is 1.49. The molecule has 0 saturated carbocycles.